The molecule has 1 heterocycles. The normalized spacial score (nSPS) is 16.2. The van der Waals surface area contributed by atoms with E-state index in [0.717, 1.165) is 31.5 Å². The number of hydrogen-bond acceptors (Lipinski definition) is 2. The lowest BCUT2D eigenvalue weighted by Crippen LogP contribution is -2.26. The quantitative estimate of drug-likeness (QED) is 0.920. The van der Waals surface area contributed by atoms with Gasteiger partial charge in [-0.25, -0.2) is 13.2 Å². The highest BCUT2D eigenvalue weighted by atomic mass is 35.5. The molecule has 0 atom stereocenters. The predicted octanol–water partition coefficient (Wildman–Crippen LogP) is 3.36. The van der Waals surface area contributed by atoms with Crippen molar-refractivity contribution in [1.82, 2.24) is 5.32 Å². The van der Waals surface area contributed by atoms with E-state index in [1.54, 1.807) is 12.1 Å². The van der Waals surface area contributed by atoms with Gasteiger partial charge < -0.3 is 10.1 Å². The molecule has 108 valence electrons. The molecule has 1 aromatic rings. The molecule has 0 saturated carbocycles. The van der Waals surface area contributed by atoms with Crippen LogP contribution in [0.2, 0.25) is 0 Å². The Labute approximate surface area is 116 Å². The molecule has 1 fully saturated rings. The minimum absolute atomic E-state index is 0. The van der Waals surface area contributed by atoms with Crippen LogP contribution in [0.4, 0.5) is 13.2 Å². The molecule has 0 amide bonds. The van der Waals surface area contributed by atoms with E-state index in [9.17, 15) is 13.2 Å². The van der Waals surface area contributed by atoms with Gasteiger partial charge in [-0.1, -0.05) is 6.07 Å². The van der Waals surface area contributed by atoms with Crippen molar-refractivity contribution in [2.24, 2.45) is 0 Å². The number of rotatable bonds is 4. The molecule has 2 nitrogen and oxygen atoms in total. The Bertz CT molecular complexity index is 397. The standard InChI is InChI=1S/C13H16F3NO.ClH/c14-11-2-1-10(9-3-5-17-6-4-9)7-12(11)18-8-13(15)16;/h1-2,7,9,13,17H,3-6,8H2;1H. The fourth-order valence-corrected chi connectivity index (χ4v) is 2.19. The molecule has 1 saturated heterocycles. The monoisotopic (exact) mass is 295 g/mol. The van der Waals surface area contributed by atoms with Gasteiger partial charge in [-0.3, -0.25) is 0 Å². The topological polar surface area (TPSA) is 21.3 Å². The summed E-state index contributed by atoms with van der Waals surface area (Å²) in [6, 6.07) is 4.55. The van der Waals surface area contributed by atoms with Crippen LogP contribution in [0.5, 0.6) is 5.75 Å². The van der Waals surface area contributed by atoms with Crippen LogP contribution in [0.3, 0.4) is 0 Å². The van der Waals surface area contributed by atoms with Gasteiger partial charge in [-0.2, -0.15) is 0 Å². The predicted molar refractivity (Wildman–Crippen MR) is 70.0 cm³/mol. The van der Waals surface area contributed by atoms with Crippen molar-refractivity contribution in [3.8, 4) is 5.75 Å². The van der Waals surface area contributed by atoms with E-state index in [-0.39, 0.29) is 18.2 Å². The first-order chi connectivity index (χ1) is 8.66. The van der Waals surface area contributed by atoms with Crippen LogP contribution < -0.4 is 10.1 Å². The molecule has 0 aliphatic carbocycles. The zero-order valence-electron chi connectivity index (χ0n) is 10.4. The van der Waals surface area contributed by atoms with Crippen LogP contribution in [0.1, 0.15) is 24.3 Å². The Kier molecular flexibility index (Phi) is 6.45. The second-order valence-electron chi connectivity index (χ2n) is 4.42. The average molecular weight is 296 g/mol. The lowest BCUT2D eigenvalue weighted by molar-refractivity contribution is 0.0798. The van der Waals surface area contributed by atoms with Crippen LogP contribution in [-0.4, -0.2) is 26.1 Å². The summed E-state index contributed by atoms with van der Waals surface area (Å²) in [5, 5.41) is 3.25. The fraction of sp³-hybridized carbons (Fsp3) is 0.538. The second-order valence-corrected chi connectivity index (χ2v) is 4.42. The number of ether oxygens (including phenoxy) is 1. The molecule has 1 aliphatic heterocycles. The zero-order chi connectivity index (χ0) is 13.0. The van der Waals surface area contributed by atoms with Crippen molar-refractivity contribution < 1.29 is 17.9 Å². The first-order valence-corrected chi connectivity index (χ1v) is 6.08. The molecule has 1 N–H and O–H groups in total. The SMILES string of the molecule is Cl.Fc1ccc(C2CCNCC2)cc1OCC(F)F. The van der Waals surface area contributed by atoms with E-state index in [1.807, 2.05) is 0 Å². The van der Waals surface area contributed by atoms with Crippen LogP contribution in [0.15, 0.2) is 18.2 Å². The van der Waals surface area contributed by atoms with Crippen molar-refractivity contribution in [3.63, 3.8) is 0 Å². The van der Waals surface area contributed by atoms with E-state index < -0.39 is 18.8 Å². The van der Waals surface area contributed by atoms with E-state index in [0.29, 0.717) is 5.92 Å². The smallest absolute Gasteiger partial charge is 0.272 e. The maximum atomic E-state index is 13.4. The lowest BCUT2D eigenvalue weighted by atomic mass is 9.90. The molecule has 0 unspecified atom stereocenters. The molecule has 1 aliphatic rings. The summed E-state index contributed by atoms with van der Waals surface area (Å²) in [5.41, 5.74) is 0.960. The maximum absolute atomic E-state index is 13.4. The Hall–Kier alpha value is -0.940. The molecular weight excluding hydrogens is 279 g/mol. The third-order valence-electron chi connectivity index (χ3n) is 3.13. The van der Waals surface area contributed by atoms with Gasteiger partial charge in [0.1, 0.15) is 6.61 Å². The summed E-state index contributed by atoms with van der Waals surface area (Å²) in [6.45, 7) is 1.08. The molecule has 19 heavy (non-hydrogen) atoms. The van der Waals surface area contributed by atoms with Gasteiger partial charge in [0.25, 0.3) is 6.43 Å². The number of piperidine rings is 1. The largest absolute Gasteiger partial charge is 0.485 e. The van der Waals surface area contributed by atoms with Gasteiger partial charge in [-0.05, 0) is 49.5 Å². The van der Waals surface area contributed by atoms with E-state index in [1.165, 1.54) is 6.07 Å². The summed E-state index contributed by atoms with van der Waals surface area (Å²) in [7, 11) is 0. The Balaban J connectivity index is 0.00000180. The highest BCUT2D eigenvalue weighted by Crippen LogP contribution is 2.29. The maximum Gasteiger partial charge on any atom is 0.272 e. The summed E-state index contributed by atoms with van der Waals surface area (Å²) in [4.78, 5) is 0. The Morgan fingerprint density at radius 2 is 1.95 bits per heavy atom. The van der Waals surface area contributed by atoms with Crippen molar-refractivity contribution in [3.05, 3.63) is 29.6 Å². The van der Waals surface area contributed by atoms with Crippen molar-refractivity contribution in [1.29, 1.82) is 0 Å². The molecule has 0 aromatic heterocycles. The van der Waals surface area contributed by atoms with Gasteiger partial charge in [0.15, 0.2) is 11.6 Å². The molecule has 6 heteroatoms. The minimum Gasteiger partial charge on any atom is -0.485 e. The second kappa shape index (κ2) is 7.60. The van der Waals surface area contributed by atoms with Crippen molar-refractivity contribution in [2.45, 2.75) is 25.2 Å². The fourth-order valence-electron chi connectivity index (χ4n) is 2.19. The highest BCUT2D eigenvalue weighted by molar-refractivity contribution is 5.85. The minimum atomic E-state index is -2.59. The van der Waals surface area contributed by atoms with Gasteiger partial charge in [0.05, 0.1) is 0 Å². The molecule has 2 rings (SSSR count). The van der Waals surface area contributed by atoms with Crippen LogP contribution in [0, 0.1) is 5.82 Å². The third-order valence-corrected chi connectivity index (χ3v) is 3.13. The van der Waals surface area contributed by atoms with Crippen LogP contribution >= 0.6 is 12.4 Å². The van der Waals surface area contributed by atoms with Gasteiger partial charge >= 0.3 is 0 Å². The number of nitrogens with one attached hydrogen (secondary N) is 1. The molecule has 0 bridgehead atoms. The van der Waals surface area contributed by atoms with E-state index in [4.69, 9.17) is 4.74 Å². The average Bonchev–Trinajstić information content (AvgIpc) is 2.38. The summed E-state index contributed by atoms with van der Waals surface area (Å²) < 4.78 is 42.3. The van der Waals surface area contributed by atoms with Gasteiger partial charge in [0, 0.05) is 0 Å². The summed E-state index contributed by atoms with van der Waals surface area (Å²) >= 11 is 0. The van der Waals surface area contributed by atoms with Crippen molar-refractivity contribution in [2.75, 3.05) is 19.7 Å². The van der Waals surface area contributed by atoms with Crippen LogP contribution in [0.25, 0.3) is 0 Å². The number of alkyl halides is 2. The van der Waals surface area contributed by atoms with Crippen molar-refractivity contribution >= 4 is 12.4 Å². The number of benzene rings is 1. The Morgan fingerprint density at radius 1 is 1.26 bits per heavy atom. The number of halogens is 4. The first-order valence-electron chi connectivity index (χ1n) is 6.08. The number of hydrogen-bond donors (Lipinski definition) is 1. The molecule has 0 spiro atoms. The molecule has 0 radical (unpaired) electrons. The molecule has 1 aromatic carbocycles. The van der Waals surface area contributed by atoms with E-state index >= 15 is 0 Å². The summed E-state index contributed by atoms with van der Waals surface area (Å²) in [6.07, 6.45) is -0.647. The first kappa shape index (κ1) is 16.1. The Morgan fingerprint density at radius 3 is 2.58 bits per heavy atom. The molecular formula is C13H17ClF3NO. The van der Waals surface area contributed by atoms with Gasteiger partial charge in [0.2, 0.25) is 0 Å². The lowest BCUT2D eigenvalue weighted by Gasteiger charge is -2.23. The summed E-state index contributed by atoms with van der Waals surface area (Å²) in [5.74, 6) is -0.319. The third kappa shape index (κ3) is 4.58. The highest BCUT2D eigenvalue weighted by Gasteiger charge is 2.17. The zero-order valence-corrected chi connectivity index (χ0v) is 11.2. The van der Waals surface area contributed by atoms with Crippen LogP contribution in [-0.2, 0) is 0 Å². The van der Waals surface area contributed by atoms with E-state index in [2.05, 4.69) is 5.32 Å². The van der Waals surface area contributed by atoms with Gasteiger partial charge in [-0.15, -0.1) is 12.4 Å².